The molecule has 0 atom stereocenters. The second kappa shape index (κ2) is 7.78. The summed E-state index contributed by atoms with van der Waals surface area (Å²) in [6.45, 7) is 2.57. The van der Waals surface area contributed by atoms with E-state index < -0.39 is 6.09 Å². The van der Waals surface area contributed by atoms with Gasteiger partial charge in [-0.3, -0.25) is 0 Å². The molecular weight excluding hydrogens is 382 g/mol. The highest BCUT2D eigenvalue weighted by atomic mass is 16.5. The van der Waals surface area contributed by atoms with Crippen LogP contribution in [0.1, 0.15) is 24.3 Å². The van der Waals surface area contributed by atoms with E-state index in [9.17, 15) is 4.79 Å². The number of benzene rings is 1. The minimum absolute atomic E-state index is 0.0472. The lowest BCUT2D eigenvalue weighted by atomic mass is 9.91. The van der Waals surface area contributed by atoms with Crippen molar-refractivity contribution in [2.24, 2.45) is 0 Å². The Morgan fingerprint density at radius 3 is 2.70 bits per heavy atom. The Labute approximate surface area is 174 Å². The molecule has 0 aliphatic carbocycles. The van der Waals surface area contributed by atoms with Crippen molar-refractivity contribution in [2.75, 3.05) is 31.1 Å². The van der Waals surface area contributed by atoms with Crippen molar-refractivity contribution in [3.63, 3.8) is 0 Å². The van der Waals surface area contributed by atoms with E-state index in [1.54, 1.807) is 0 Å². The standard InChI is InChI=1S/C22H23N5O3/c28-22(29)26-9-7-15(8-10-26)18-11-23-14-24-21(18)30-17-12-27(13-17)20-6-5-16-3-1-2-4-19(16)25-20/h1-6,11,14-15,17H,7-10,12-13H2,(H,28,29). The van der Waals surface area contributed by atoms with E-state index in [0.29, 0.717) is 19.0 Å². The number of anilines is 1. The zero-order valence-corrected chi connectivity index (χ0v) is 16.5. The number of hydrogen-bond acceptors (Lipinski definition) is 6. The fourth-order valence-electron chi connectivity index (χ4n) is 4.18. The van der Waals surface area contributed by atoms with Crippen LogP contribution in [0.2, 0.25) is 0 Å². The lowest BCUT2D eigenvalue weighted by Crippen LogP contribution is -2.54. The Kier molecular flexibility index (Phi) is 4.82. The normalized spacial score (nSPS) is 17.7. The molecule has 8 heteroatoms. The number of amides is 1. The number of nitrogens with zero attached hydrogens (tertiary/aromatic N) is 5. The lowest BCUT2D eigenvalue weighted by molar-refractivity contribution is 0.130. The number of rotatable bonds is 4. The first kappa shape index (κ1) is 18.6. The summed E-state index contributed by atoms with van der Waals surface area (Å²) in [7, 11) is 0. The Morgan fingerprint density at radius 2 is 1.90 bits per heavy atom. The van der Waals surface area contributed by atoms with Gasteiger partial charge in [-0.05, 0) is 37.0 Å². The molecule has 5 rings (SSSR count). The fraction of sp³-hybridized carbons (Fsp3) is 0.364. The van der Waals surface area contributed by atoms with Gasteiger partial charge < -0.3 is 19.6 Å². The largest absolute Gasteiger partial charge is 0.470 e. The third-order valence-corrected chi connectivity index (χ3v) is 5.94. The second-order valence-corrected chi connectivity index (χ2v) is 7.83. The molecule has 0 saturated carbocycles. The van der Waals surface area contributed by atoms with Gasteiger partial charge in [0, 0.05) is 30.2 Å². The third kappa shape index (κ3) is 3.60. The maximum atomic E-state index is 11.1. The van der Waals surface area contributed by atoms with Gasteiger partial charge in [0.1, 0.15) is 18.2 Å². The first-order valence-electron chi connectivity index (χ1n) is 10.2. The number of carboxylic acid groups (broad SMARTS) is 1. The second-order valence-electron chi connectivity index (χ2n) is 7.83. The number of piperidine rings is 1. The number of para-hydroxylation sites is 1. The van der Waals surface area contributed by atoms with Crippen molar-refractivity contribution in [1.82, 2.24) is 19.9 Å². The van der Waals surface area contributed by atoms with Crippen LogP contribution in [0.5, 0.6) is 5.88 Å². The number of ether oxygens (including phenoxy) is 1. The van der Waals surface area contributed by atoms with Crippen LogP contribution in [0, 0.1) is 0 Å². The van der Waals surface area contributed by atoms with Gasteiger partial charge >= 0.3 is 6.09 Å². The molecule has 8 nitrogen and oxygen atoms in total. The van der Waals surface area contributed by atoms with E-state index in [-0.39, 0.29) is 12.0 Å². The van der Waals surface area contributed by atoms with Crippen LogP contribution in [0.4, 0.5) is 10.6 Å². The van der Waals surface area contributed by atoms with Crippen LogP contribution >= 0.6 is 0 Å². The molecule has 2 fully saturated rings. The molecule has 2 aliphatic heterocycles. The minimum Gasteiger partial charge on any atom is -0.470 e. The zero-order valence-electron chi connectivity index (χ0n) is 16.5. The third-order valence-electron chi connectivity index (χ3n) is 5.94. The summed E-state index contributed by atoms with van der Waals surface area (Å²) >= 11 is 0. The molecule has 3 aromatic rings. The van der Waals surface area contributed by atoms with E-state index in [0.717, 1.165) is 48.2 Å². The number of likely N-dealkylation sites (tertiary alicyclic amines) is 1. The van der Waals surface area contributed by atoms with Gasteiger partial charge in [-0.2, -0.15) is 0 Å². The van der Waals surface area contributed by atoms with Gasteiger partial charge in [-0.1, -0.05) is 18.2 Å². The van der Waals surface area contributed by atoms with Crippen LogP contribution in [0.25, 0.3) is 10.9 Å². The Hall–Kier alpha value is -3.42. The van der Waals surface area contributed by atoms with Crippen molar-refractivity contribution in [2.45, 2.75) is 24.9 Å². The van der Waals surface area contributed by atoms with Crippen LogP contribution < -0.4 is 9.64 Å². The Morgan fingerprint density at radius 1 is 1.10 bits per heavy atom. The molecule has 0 unspecified atom stereocenters. The number of pyridine rings is 1. The number of fused-ring (bicyclic) bond motifs is 1. The Bertz CT molecular complexity index is 1060. The van der Waals surface area contributed by atoms with Crippen molar-refractivity contribution >= 4 is 22.8 Å². The maximum Gasteiger partial charge on any atom is 0.407 e. The lowest BCUT2D eigenvalue weighted by Gasteiger charge is -2.40. The van der Waals surface area contributed by atoms with Crippen molar-refractivity contribution < 1.29 is 14.6 Å². The molecule has 0 radical (unpaired) electrons. The Balaban J connectivity index is 1.23. The minimum atomic E-state index is -0.855. The molecule has 154 valence electrons. The van der Waals surface area contributed by atoms with E-state index in [2.05, 4.69) is 27.0 Å². The summed E-state index contributed by atoms with van der Waals surface area (Å²) < 4.78 is 6.20. The van der Waals surface area contributed by atoms with Crippen LogP contribution in [-0.2, 0) is 0 Å². The molecule has 1 amide bonds. The first-order valence-corrected chi connectivity index (χ1v) is 10.2. The molecule has 0 bridgehead atoms. The molecule has 1 aromatic carbocycles. The van der Waals surface area contributed by atoms with Gasteiger partial charge in [0.15, 0.2) is 0 Å². The molecule has 2 saturated heterocycles. The predicted molar refractivity (Wildman–Crippen MR) is 112 cm³/mol. The van der Waals surface area contributed by atoms with Crippen LogP contribution in [-0.4, -0.2) is 63.3 Å². The molecule has 4 heterocycles. The summed E-state index contributed by atoms with van der Waals surface area (Å²) in [6.07, 6.45) is 4.02. The monoisotopic (exact) mass is 405 g/mol. The van der Waals surface area contributed by atoms with Gasteiger partial charge in [-0.25, -0.2) is 19.7 Å². The summed E-state index contributed by atoms with van der Waals surface area (Å²) in [5, 5.41) is 10.3. The average molecular weight is 405 g/mol. The fourth-order valence-corrected chi connectivity index (χ4v) is 4.18. The highest BCUT2D eigenvalue weighted by Crippen LogP contribution is 2.34. The van der Waals surface area contributed by atoms with Crippen molar-refractivity contribution in [3.8, 4) is 5.88 Å². The summed E-state index contributed by atoms with van der Waals surface area (Å²) in [5.41, 5.74) is 1.97. The van der Waals surface area contributed by atoms with Crippen molar-refractivity contribution in [3.05, 3.63) is 54.5 Å². The number of carbonyl (C=O) groups is 1. The molecule has 2 aromatic heterocycles. The molecule has 0 spiro atoms. The smallest absolute Gasteiger partial charge is 0.407 e. The highest BCUT2D eigenvalue weighted by molar-refractivity contribution is 5.80. The SMILES string of the molecule is O=C(O)N1CCC(c2cncnc2OC2CN(c3ccc4ccccc4n3)C2)CC1. The molecule has 2 aliphatic rings. The molecule has 30 heavy (non-hydrogen) atoms. The van der Waals surface area contributed by atoms with E-state index in [4.69, 9.17) is 14.8 Å². The topological polar surface area (TPSA) is 91.7 Å². The molecule has 1 N–H and O–H groups in total. The average Bonchev–Trinajstić information content (AvgIpc) is 2.76. The van der Waals surface area contributed by atoms with Crippen LogP contribution in [0.3, 0.4) is 0 Å². The van der Waals surface area contributed by atoms with E-state index in [1.165, 1.54) is 11.2 Å². The number of aromatic nitrogens is 3. The molecular formula is C22H23N5O3. The summed E-state index contributed by atoms with van der Waals surface area (Å²) in [5.74, 6) is 1.79. The van der Waals surface area contributed by atoms with Gasteiger partial charge in [-0.15, -0.1) is 0 Å². The van der Waals surface area contributed by atoms with Gasteiger partial charge in [0.25, 0.3) is 0 Å². The number of hydrogen-bond donors (Lipinski definition) is 1. The quantitative estimate of drug-likeness (QED) is 0.713. The first-order chi connectivity index (χ1) is 14.7. The summed E-state index contributed by atoms with van der Waals surface area (Å²) in [4.78, 5) is 28.1. The van der Waals surface area contributed by atoms with Crippen LogP contribution in [0.15, 0.2) is 48.9 Å². The maximum absolute atomic E-state index is 11.1. The zero-order chi connectivity index (χ0) is 20.5. The summed E-state index contributed by atoms with van der Waals surface area (Å²) in [6, 6.07) is 12.2. The predicted octanol–water partition coefficient (Wildman–Crippen LogP) is 3.15. The van der Waals surface area contributed by atoms with Crippen molar-refractivity contribution in [1.29, 1.82) is 0 Å². The highest BCUT2D eigenvalue weighted by Gasteiger charge is 2.32. The van der Waals surface area contributed by atoms with Gasteiger partial charge in [0.2, 0.25) is 5.88 Å². The van der Waals surface area contributed by atoms with E-state index >= 15 is 0 Å². The van der Waals surface area contributed by atoms with Gasteiger partial charge in [0.05, 0.1) is 18.6 Å². The van der Waals surface area contributed by atoms with E-state index in [1.807, 2.05) is 30.5 Å².